The van der Waals surface area contributed by atoms with Gasteiger partial charge in [-0.05, 0) is 38.1 Å². The third kappa shape index (κ3) is 2.80. The average molecular weight is 278 g/mol. The van der Waals surface area contributed by atoms with Gasteiger partial charge in [0, 0.05) is 23.7 Å². The van der Waals surface area contributed by atoms with E-state index in [1.54, 1.807) is 6.07 Å². The van der Waals surface area contributed by atoms with Gasteiger partial charge in [0.1, 0.15) is 17.5 Å². The Balaban J connectivity index is 1.75. The summed E-state index contributed by atoms with van der Waals surface area (Å²) in [7, 11) is 0. The van der Waals surface area contributed by atoms with Crippen molar-refractivity contribution >= 4 is 5.82 Å². The molecule has 1 saturated heterocycles. The molecular formula is C14H16F2N4. The molecule has 3 N–H and O–H groups in total. The van der Waals surface area contributed by atoms with Crippen LogP contribution >= 0.6 is 0 Å². The molecular weight excluding hydrogens is 262 g/mol. The van der Waals surface area contributed by atoms with Crippen LogP contribution in [0.5, 0.6) is 0 Å². The molecule has 20 heavy (non-hydrogen) atoms. The van der Waals surface area contributed by atoms with Crippen molar-refractivity contribution in [1.82, 2.24) is 15.5 Å². The van der Waals surface area contributed by atoms with Crippen molar-refractivity contribution in [1.29, 1.82) is 0 Å². The Morgan fingerprint density at radius 2 is 1.95 bits per heavy atom. The van der Waals surface area contributed by atoms with E-state index in [0.717, 1.165) is 32.0 Å². The second-order valence-corrected chi connectivity index (χ2v) is 4.96. The van der Waals surface area contributed by atoms with Crippen LogP contribution in [-0.2, 0) is 0 Å². The van der Waals surface area contributed by atoms with E-state index in [0.29, 0.717) is 23.1 Å². The van der Waals surface area contributed by atoms with Crippen molar-refractivity contribution in [3.05, 3.63) is 35.9 Å². The number of nitrogens with zero attached hydrogens (tertiary/aromatic N) is 1. The van der Waals surface area contributed by atoms with E-state index in [-0.39, 0.29) is 0 Å². The van der Waals surface area contributed by atoms with Crippen LogP contribution in [-0.4, -0.2) is 29.3 Å². The number of hydrogen-bond acceptors (Lipinski definition) is 3. The van der Waals surface area contributed by atoms with Crippen molar-refractivity contribution < 1.29 is 8.78 Å². The van der Waals surface area contributed by atoms with Crippen LogP contribution in [0.25, 0.3) is 11.3 Å². The Bertz CT molecular complexity index is 591. The minimum absolute atomic E-state index is 0.317. The molecule has 1 aromatic heterocycles. The molecule has 3 rings (SSSR count). The predicted octanol–water partition coefficient (Wildman–Crippen LogP) is 2.52. The highest BCUT2D eigenvalue weighted by molar-refractivity contribution is 5.63. The van der Waals surface area contributed by atoms with Gasteiger partial charge in [-0.25, -0.2) is 8.78 Å². The minimum atomic E-state index is -0.595. The summed E-state index contributed by atoms with van der Waals surface area (Å²) in [6.07, 6.45) is 2.07. The van der Waals surface area contributed by atoms with Crippen LogP contribution in [0.2, 0.25) is 0 Å². The molecule has 1 aromatic carbocycles. The molecule has 6 heteroatoms. The molecule has 1 aliphatic rings. The summed E-state index contributed by atoms with van der Waals surface area (Å²) >= 11 is 0. The molecule has 0 bridgehead atoms. The molecule has 2 aromatic rings. The Hall–Kier alpha value is -1.95. The Morgan fingerprint density at radius 1 is 1.15 bits per heavy atom. The first-order valence-corrected chi connectivity index (χ1v) is 6.70. The first-order valence-electron chi connectivity index (χ1n) is 6.70. The minimum Gasteiger partial charge on any atom is -0.366 e. The van der Waals surface area contributed by atoms with E-state index in [9.17, 15) is 8.78 Å². The van der Waals surface area contributed by atoms with E-state index in [1.807, 2.05) is 0 Å². The van der Waals surface area contributed by atoms with E-state index in [2.05, 4.69) is 20.8 Å². The number of aromatic amines is 1. The molecule has 0 atom stereocenters. The van der Waals surface area contributed by atoms with Gasteiger partial charge < -0.3 is 10.6 Å². The van der Waals surface area contributed by atoms with Gasteiger partial charge in [-0.2, -0.15) is 5.10 Å². The van der Waals surface area contributed by atoms with E-state index < -0.39 is 11.6 Å². The highest BCUT2D eigenvalue weighted by Crippen LogP contribution is 2.24. The topological polar surface area (TPSA) is 52.7 Å². The zero-order valence-corrected chi connectivity index (χ0v) is 10.9. The number of H-pyrrole nitrogens is 1. The standard InChI is InChI=1S/C14H16F2N4/c15-9-1-2-11(12(16)7-9)13-8-14(20-19-13)18-10-3-5-17-6-4-10/h1-2,7-8,10,17H,3-6H2,(H2,18,19,20). The summed E-state index contributed by atoms with van der Waals surface area (Å²) < 4.78 is 26.6. The molecule has 0 radical (unpaired) electrons. The first-order chi connectivity index (χ1) is 9.72. The van der Waals surface area contributed by atoms with Gasteiger partial charge >= 0.3 is 0 Å². The van der Waals surface area contributed by atoms with Crippen molar-refractivity contribution in [2.45, 2.75) is 18.9 Å². The molecule has 1 aliphatic heterocycles. The third-order valence-corrected chi connectivity index (χ3v) is 3.49. The van der Waals surface area contributed by atoms with Gasteiger partial charge in [0.15, 0.2) is 0 Å². The fraction of sp³-hybridized carbons (Fsp3) is 0.357. The summed E-state index contributed by atoms with van der Waals surface area (Å²) in [5, 5.41) is 13.5. The fourth-order valence-corrected chi connectivity index (χ4v) is 2.42. The lowest BCUT2D eigenvalue weighted by molar-refractivity contribution is 0.478. The van der Waals surface area contributed by atoms with E-state index in [4.69, 9.17) is 0 Å². The van der Waals surface area contributed by atoms with Crippen molar-refractivity contribution in [3.63, 3.8) is 0 Å². The van der Waals surface area contributed by atoms with Gasteiger partial charge in [-0.15, -0.1) is 0 Å². The van der Waals surface area contributed by atoms with Crippen LogP contribution in [0.15, 0.2) is 24.3 Å². The SMILES string of the molecule is Fc1ccc(-c2cc(NC3CCNCC3)n[nH]2)c(F)c1. The lowest BCUT2D eigenvalue weighted by Crippen LogP contribution is -2.35. The Labute approximate surface area is 115 Å². The number of halogens is 2. The van der Waals surface area contributed by atoms with Crippen molar-refractivity contribution in [3.8, 4) is 11.3 Å². The van der Waals surface area contributed by atoms with Crippen LogP contribution in [0.1, 0.15) is 12.8 Å². The Morgan fingerprint density at radius 3 is 2.70 bits per heavy atom. The molecule has 4 nitrogen and oxygen atoms in total. The summed E-state index contributed by atoms with van der Waals surface area (Å²) in [4.78, 5) is 0. The van der Waals surface area contributed by atoms with Crippen LogP contribution in [0, 0.1) is 11.6 Å². The number of nitrogens with one attached hydrogen (secondary N) is 3. The van der Waals surface area contributed by atoms with E-state index in [1.165, 1.54) is 12.1 Å². The first kappa shape index (κ1) is 13.1. The molecule has 0 unspecified atom stereocenters. The van der Waals surface area contributed by atoms with Crippen molar-refractivity contribution in [2.24, 2.45) is 0 Å². The lowest BCUT2D eigenvalue weighted by Gasteiger charge is -2.23. The largest absolute Gasteiger partial charge is 0.366 e. The van der Waals surface area contributed by atoms with Gasteiger partial charge in [-0.3, -0.25) is 5.10 Å². The molecule has 0 spiro atoms. The van der Waals surface area contributed by atoms with Gasteiger partial charge in [0.25, 0.3) is 0 Å². The summed E-state index contributed by atoms with van der Waals surface area (Å²) in [6, 6.07) is 5.64. The normalized spacial score (nSPS) is 16.3. The maximum Gasteiger partial charge on any atom is 0.148 e. The summed E-state index contributed by atoms with van der Waals surface area (Å²) in [6.45, 7) is 1.98. The van der Waals surface area contributed by atoms with Gasteiger partial charge in [0.2, 0.25) is 0 Å². The number of rotatable bonds is 3. The maximum atomic E-state index is 13.7. The number of hydrogen-bond donors (Lipinski definition) is 3. The van der Waals surface area contributed by atoms with Crippen LogP contribution < -0.4 is 10.6 Å². The molecule has 0 saturated carbocycles. The fourth-order valence-electron chi connectivity index (χ4n) is 2.42. The third-order valence-electron chi connectivity index (χ3n) is 3.49. The van der Waals surface area contributed by atoms with Gasteiger partial charge in [0.05, 0.1) is 5.69 Å². The molecule has 0 amide bonds. The van der Waals surface area contributed by atoms with Crippen LogP contribution in [0.3, 0.4) is 0 Å². The zero-order chi connectivity index (χ0) is 13.9. The second kappa shape index (κ2) is 5.58. The Kier molecular flexibility index (Phi) is 3.64. The maximum absolute atomic E-state index is 13.7. The quantitative estimate of drug-likeness (QED) is 0.808. The smallest absolute Gasteiger partial charge is 0.148 e. The highest BCUT2D eigenvalue weighted by Gasteiger charge is 2.15. The predicted molar refractivity (Wildman–Crippen MR) is 73.5 cm³/mol. The number of anilines is 1. The van der Waals surface area contributed by atoms with Crippen molar-refractivity contribution in [2.75, 3.05) is 18.4 Å². The highest BCUT2D eigenvalue weighted by atomic mass is 19.1. The zero-order valence-electron chi connectivity index (χ0n) is 10.9. The summed E-state index contributed by atoms with van der Waals surface area (Å²) in [5.74, 6) is -0.489. The second-order valence-electron chi connectivity index (χ2n) is 4.96. The molecule has 1 fully saturated rings. The summed E-state index contributed by atoms with van der Waals surface area (Å²) in [5.41, 5.74) is 0.858. The van der Waals surface area contributed by atoms with Crippen LogP contribution in [0.4, 0.5) is 14.6 Å². The molecule has 2 heterocycles. The van der Waals surface area contributed by atoms with Gasteiger partial charge in [-0.1, -0.05) is 0 Å². The molecule has 0 aliphatic carbocycles. The number of piperidine rings is 1. The average Bonchev–Trinajstić information content (AvgIpc) is 2.88. The molecule has 106 valence electrons. The monoisotopic (exact) mass is 278 g/mol. The van der Waals surface area contributed by atoms with E-state index >= 15 is 0 Å². The number of benzene rings is 1. The number of aromatic nitrogens is 2. The lowest BCUT2D eigenvalue weighted by atomic mass is 10.1.